The summed E-state index contributed by atoms with van der Waals surface area (Å²) < 4.78 is 1.94. The number of anilines is 1. The van der Waals surface area contributed by atoms with Crippen LogP contribution in [0.15, 0.2) is 61.2 Å². The highest BCUT2D eigenvalue weighted by Gasteiger charge is 2.17. The van der Waals surface area contributed by atoms with Crippen LogP contribution in [0.5, 0.6) is 0 Å². The number of hydrogen-bond acceptors (Lipinski definition) is 3. The van der Waals surface area contributed by atoms with E-state index in [1.54, 1.807) is 30.7 Å². The molecule has 0 aliphatic rings. The quantitative estimate of drug-likeness (QED) is 0.618. The zero-order valence-corrected chi connectivity index (χ0v) is 16.5. The molecule has 3 rings (SSSR count). The predicted molar refractivity (Wildman–Crippen MR) is 110 cm³/mol. The van der Waals surface area contributed by atoms with Gasteiger partial charge >= 0.3 is 0 Å². The number of benzene rings is 2. The van der Waals surface area contributed by atoms with Gasteiger partial charge in [-0.2, -0.15) is 0 Å². The second kappa shape index (κ2) is 8.57. The average Bonchev–Trinajstić information content (AvgIpc) is 3.15. The number of imidazole rings is 1. The van der Waals surface area contributed by atoms with Gasteiger partial charge in [0.25, 0.3) is 0 Å². The lowest BCUT2D eigenvalue weighted by atomic mass is 10.1. The Bertz CT molecular complexity index is 890. The smallest absolute Gasteiger partial charge is 0.241 e. The lowest BCUT2D eigenvalue weighted by Gasteiger charge is -2.20. The molecule has 2 aromatic carbocycles. The van der Waals surface area contributed by atoms with Crippen LogP contribution in [-0.2, 0) is 4.79 Å². The van der Waals surface area contributed by atoms with E-state index in [9.17, 15) is 4.79 Å². The Morgan fingerprint density at radius 2 is 1.74 bits per heavy atom. The van der Waals surface area contributed by atoms with Crippen molar-refractivity contribution < 1.29 is 4.79 Å². The van der Waals surface area contributed by atoms with Crippen LogP contribution >= 0.6 is 23.2 Å². The summed E-state index contributed by atoms with van der Waals surface area (Å²) in [4.78, 5) is 16.5. The fourth-order valence-corrected chi connectivity index (χ4v) is 3.30. The van der Waals surface area contributed by atoms with Gasteiger partial charge in [0.15, 0.2) is 0 Å². The van der Waals surface area contributed by atoms with Gasteiger partial charge in [0.1, 0.15) is 0 Å². The first-order chi connectivity index (χ1) is 12.9. The van der Waals surface area contributed by atoms with Gasteiger partial charge in [0.05, 0.1) is 12.4 Å². The Labute approximate surface area is 168 Å². The molecule has 2 N–H and O–H groups in total. The fourth-order valence-electron chi connectivity index (χ4n) is 2.77. The van der Waals surface area contributed by atoms with Crippen molar-refractivity contribution in [2.45, 2.75) is 25.9 Å². The molecule has 0 bridgehead atoms. The maximum Gasteiger partial charge on any atom is 0.241 e. The predicted octanol–water partition coefficient (Wildman–Crippen LogP) is 4.86. The first-order valence-electron chi connectivity index (χ1n) is 8.53. The van der Waals surface area contributed by atoms with Gasteiger partial charge in [-0.25, -0.2) is 4.98 Å². The zero-order valence-electron chi connectivity index (χ0n) is 15.0. The molecule has 0 fully saturated rings. The Morgan fingerprint density at radius 1 is 1.07 bits per heavy atom. The maximum absolute atomic E-state index is 12.4. The third kappa shape index (κ3) is 5.10. The molecule has 1 aromatic heterocycles. The summed E-state index contributed by atoms with van der Waals surface area (Å²) in [6, 6.07) is 12.7. The minimum Gasteiger partial charge on any atom is -0.325 e. The molecule has 0 radical (unpaired) electrons. The van der Waals surface area contributed by atoms with Crippen molar-refractivity contribution >= 4 is 34.8 Å². The van der Waals surface area contributed by atoms with Crippen LogP contribution in [0.1, 0.15) is 25.5 Å². The number of halogens is 2. The molecular weight excluding hydrogens is 383 g/mol. The molecule has 140 valence electrons. The monoisotopic (exact) mass is 402 g/mol. The van der Waals surface area contributed by atoms with Gasteiger partial charge in [-0.1, -0.05) is 35.3 Å². The van der Waals surface area contributed by atoms with E-state index >= 15 is 0 Å². The molecule has 0 aliphatic carbocycles. The number of hydrogen-bond donors (Lipinski definition) is 2. The summed E-state index contributed by atoms with van der Waals surface area (Å²) in [6.45, 7) is 3.84. The van der Waals surface area contributed by atoms with E-state index in [1.165, 1.54) is 0 Å². The van der Waals surface area contributed by atoms with Gasteiger partial charge in [0, 0.05) is 39.9 Å². The van der Waals surface area contributed by atoms with Crippen molar-refractivity contribution in [3.63, 3.8) is 0 Å². The van der Waals surface area contributed by atoms with Crippen LogP contribution in [0.25, 0.3) is 5.69 Å². The van der Waals surface area contributed by atoms with E-state index in [0.717, 1.165) is 11.3 Å². The number of nitrogens with zero attached hydrogens (tertiary/aromatic N) is 2. The van der Waals surface area contributed by atoms with Crippen LogP contribution in [0, 0.1) is 0 Å². The summed E-state index contributed by atoms with van der Waals surface area (Å²) in [7, 11) is 0. The van der Waals surface area contributed by atoms with Gasteiger partial charge in [-0.3, -0.25) is 10.1 Å². The molecule has 0 saturated carbocycles. The topological polar surface area (TPSA) is 59.0 Å². The minimum atomic E-state index is -0.397. The van der Waals surface area contributed by atoms with Gasteiger partial charge < -0.3 is 9.88 Å². The molecule has 0 saturated heterocycles. The summed E-state index contributed by atoms with van der Waals surface area (Å²) >= 11 is 11.9. The standard InChI is InChI=1S/C20H20Cl2N4O/c1-13(15-3-5-19(6-4-15)26-8-7-23-12-26)24-14(2)20(27)25-18-10-16(21)9-17(22)11-18/h3-14,24H,1-2H3,(H,25,27)/t13-,14+/m1/s1. The Morgan fingerprint density at radius 3 is 2.33 bits per heavy atom. The number of carbonyl (C=O) groups is 1. The van der Waals surface area contributed by atoms with Gasteiger partial charge in [-0.15, -0.1) is 0 Å². The molecule has 5 nitrogen and oxygen atoms in total. The first-order valence-corrected chi connectivity index (χ1v) is 9.29. The van der Waals surface area contributed by atoms with Crippen LogP contribution < -0.4 is 10.6 Å². The van der Waals surface area contributed by atoms with Crippen LogP contribution in [0.2, 0.25) is 10.0 Å². The normalized spacial score (nSPS) is 13.2. The molecule has 2 atom stereocenters. The van der Waals surface area contributed by atoms with Gasteiger partial charge in [-0.05, 0) is 49.7 Å². The fraction of sp³-hybridized carbons (Fsp3) is 0.200. The van der Waals surface area contributed by atoms with Crippen LogP contribution in [0.3, 0.4) is 0 Å². The third-order valence-electron chi connectivity index (χ3n) is 4.22. The number of aromatic nitrogens is 2. The highest BCUT2D eigenvalue weighted by Crippen LogP contribution is 2.23. The van der Waals surface area contributed by atoms with Crippen molar-refractivity contribution in [2.24, 2.45) is 0 Å². The molecule has 7 heteroatoms. The summed E-state index contributed by atoms with van der Waals surface area (Å²) in [5, 5.41) is 7.08. The molecule has 27 heavy (non-hydrogen) atoms. The average molecular weight is 403 g/mol. The molecule has 0 unspecified atom stereocenters. The molecule has 1 heterocycles. The minimum absolute atomic E-state index is 0.00513. The Balaban J connectivity index is 1.61. The van der Waals surface area contributed by atoms with Crippen molar-refractivity contribution in [1.29, 1.82) is 0 Å². The molecule has 0 aliphatic heterocycles. The van der Waals surface area contributed by atoms with Crippen molar-refractivity contribution in [1.82, 2.24) is 14.9 Å². The van der Waals surface area contributed by atoms with E-state index in [1.807, 2.05) is 48.9 Å². The summed E-state index contributed by atoms with van der Waals surface area (Å²) in [5.41, 5.74) is 2.69. The lowest BCUT2D eigenvalue weighted by Crippen LogP contribution is -2.39. The second-order valence-corrected chi connectivity index (χ2v) is 7.19. The largest absolute Gasteiger partial charge is 0.325 e. The van der Waals surface area contributed by atoms with Crippen LogP contribution in [0.4, 0.5) is 5.69 Å². The number of rotatable bonds is 6. The number of carbonyl (C=O) groups excluding carboxylic acids is 1. The highest BCUT2D eigenvalue weighted by atomic mass is 35.5. The van der Waals surface area contributed by atoms with E-state index < -0.39 is 6.04 Å². The molecule has 0 spiro atoms. The molecule has 1 amide bonds. The third-order valence-corrected chi connectivity index (χ3v) is 4.66. The summed E-state index contributed by atoms with van der Waals surface area (Å²) in [6.07, 6.45) is 5.39. The molecular formula is C20H20Cl2N4O. The Hall–Kier alpha value is -2.34. The van der Waals surface area contributed by atoms with Crippen LogP contribution in [-0.4, -0.2) is 21.5 Å². The molecule has 3 aromatic rings. The lowest BCUT2D eigenvalue weighted by molar-refractivity contribution is -0.117. The second-order valence-electron chi connectivity index (χ2n) is 6.32. The van der Waals surface area contributed by atoms with E-state index in [4.69, 9.17) is 23.2 Å². The highest BCUT2D eigenvalue weighted by molar-refractivity contribution is 6.35. The van der Waals surface area contributed by atoms with E-state index in [-0.39, 0.29) is 11.9 Å². The number of nitrogens with one attached hydrogen (secondary N) is 2. The first kappa shape index (κ1) is 19.4. The SMILES string of the molecule is C[C@H](N[C@H](C)c1ccc(-n2ccnc2)cc1)C(=O)Nc1cc(Cl)cc(Cl)c1. The Kier molecular flexibility index (Phi) is 6.16. The van der Waals surface area contributed by atoms with Crippen molar-refractivity contribution in [3.05, 3.63) is 76.8 Å². The van der Waals surface area contributed by atoms with Crippen molar-refractivity contribution in [3.8, 4) is 5.69 Å². The van der Waals surface area contributed by atoms with E-state index in [0.29, 0.717) is 15.7 Å². The summed E-state index contributed by atoms with van der Waals surface area (Å²) in [5.74, 6) is -0.157. The van der Waals surface area contributed by atoms with Gasteiger partial charge in [0.2, 0.25) is 5.91 Å². The van der Waals surface area contributed by atoms with E-state index in [2.05, 4.69) is 15.6 Å². The van der Waals surface area contributed by atoms with Crippen molar-refractivity contribution in [2.75, 3.05) is 5.32 Å². The zero-order chi connectivity index (χ0) is 19.4. The maximum atomic E-state index is 12.4. The number of amides is 1.